The molecule has 0 bridgehead atoms. The monoisotopic (exact) mass is 170 g/mol. The lowest BCUT2D eigenvalue weighted by molar-refractivity contribution is -0.123. The Morgan fingerprint density at radius 1 is 1.27 bits per heavy atom. The molecule has 1 nitrogen and oxygen atoms in total. The lowest BCUT2D eigenvalue weighted by atomic mass is 9.84. The molecule has 1 aliphatic heterocycles. The van der Waals surface area contributed by atoms with Gasteiger partial charge in [0.15, 0.2) is 0 Å². The van der Waals surface area contributed by atoms with Crippen LogP contribution >= 0.6 is 11.8 Å². The summed E-state index contributed by atoms with van der Waals surface area (Å²) in [5, 5.41) is 0.699. The zero-order chi connectivity index (χ0) is 7.68. The second-order valence-corrected chi connectivity index (χ2v) is 4.86. The summed E-state index contributed by atoms with van der Waals surface area (Å²) in [4.78, 5) is 11.4. The van der Waals surface area contributed by atoms with Crippen LogP contribution in [0, 0.1) is 5.92 Å². The van der Waals surface area contributed by atoms with Crippen molar-refractivity contribution in [2.75, 3.05) is 5.75 Å². The van der Waals surface area contributed by atoms with Gasteiger partial charge in [-0.1, -0.05) is 12.8 Å². The van der Waals surface area contributed by atoms with Gasteiger partial charge in [0.05, 0.1) is 0 Å². The fraction of sp³-hybridized carbons (Fsp3) is 0.889. The summed E-state index contributed by atoms with van der Waals surface area (Å²) in [5.41, 5.74) is 0. The van der Waals surface area contributed by atoms with Crippen LogP contribution in [0.25, 0.3) is 0 Å². The van der Waals surface area contributed by atoms with E-state index < -0.39 is 0 Å². The van der Waals surface area contributed by atoms with Crippen molar-refractivity contribution < 1.29 is 4.79 Å². The molecule has 0 radical (unpaired) electrons. The topological polar surface area (TPSA) is 17.1 Å². The molecular formula is C9H14OS. The van der Waals surface area contributed by atoms with Crippen molar-refractivity contribution >= 4 is 17.5 Å². The van der Waals surface area contributed by atoms with Gasteiger partial charge in [0, 0.05) is 23.3 Å². The third-order valence-electron chi connectivity index (χ3n) is 2.80. The molecule has 1 saturated heterocycles. The van der Waals surface area contributed by atoms with Gasteiger partial charge in [-0.2, -0.15) is 11.8 Å². The lowest BCUT2D eigenvalue weighted by Crippen LogP contribution is -2.33. The molecular weight excluding hydrogens is 156 g/mol. The van der Waals surface area contributed by atoms with E-state index in [0.29, 0.717) is 17.0 Å². The molecule has 62 valence electrons. The Kier molecular flexibility index (Phi) is 2.21. The third kappa shape index (κ3) is 1.46. The van der Waals surface area contributed by atoms with Gasteiger partial charge in [-0.3, -0.25) is 4.79 Å². The number of ketones is 1. The number of rotatable bonds is 0. The molecule has 0 spiro atoms. The molecule has 2 heteroatoms. The molecule has 2 fully saturated rings. The molecule has 2 aliphatic rings. The maximum Gasteiger partial charge on any atom is 0.137 e. The minimum absolute atomic E-state index is 0.447. The van der Waals surface area contributed by atoms with E-state index in [1.807, 2.05) is 11.8 Å². The van der Waals surface area contributed by atoms with Crippen molar-refractivity contribution in [3.8, 4) is 0 Å². The van der Waals surface area contributed by atoms with E-state index >= 15 is 0 Å². The molecule has 0 aromatic rings. The Labute approximate surface area is 71.9 Å². The molecule has 1 aliphatic carbocycles. The van der Waals surface area contributed by atoms with Gasteiger partial charge in [0.2, 0.25) is 0 Å². The highest BCUT2D eigenvalue weighted by Gasteiger charge is 2.33. The molecule has 0 aromatic carbocycles. The van der Waals surface area contributed by atoms with Crippen LogP contribution in [0.3, 0.4) is 0 Å². The average molecular weight is 170 g/mol. The molecule has 2 unspecified atom stereocenters. The standard InChI is InChI=1S/C9H14OS/c10-8-5-6-11-9-4-2-1-3-7(8)9/h7,9H,1-6H2. The first-order valence-electron chi connectivity index (χ1n) is 4.52. The van der Waals surface area contributed by atoms with Gasteiger partial charge in [-0.05, 0) is 12.8 Å². The SMILES string of the molecule is O=C1CCSC2CCCCC12. The first kappa shape index (κ1) is 7.66. The first-order chi connectivity index (χ1) is 5.38. The molecule has 2 rings (SSSR count). The lowest BCUT2D eigenvalue weighted by Gasteiger charge is -2.33. The summed E-state index contributed by atoms with van der Waals surface area (Å²) in [7, 11) is 0. The molecule has 1 saturated carbocycles. The highest BCUT2D eigenvalue weighted by molar-refractivity contribution is 8.00. The number of carbonyl (C=O) groups is 1. The minimum atomic E-state index is 0.447. The molecule has 2 atom stereocenters. The summed E-state index contributed by atoms with van der Waals surface area (Å²) in [6, 6.07) is 0. The quantitative estimate of drug-likeness (QED) is 0.554. The van der Waals surface area contributed by atoms with Crippen LogP contribution < -0.4 is 0 Å². The molecule has 0 aromatic heterocycles. The van der Waals surface area contributed by atoms with Crippen LogP contribution in [-0.4, -0.2) is 16.8 Å². The predicted molar refractivity (Wildman–Crippen MR) is 47.8 cm³/mol. The van der Waals surface area contributed by atoms with E-state index in [4.69, 9.17) is 0 Å². The smallest absolute Gasteiger partial charge is 0.137 e. The van der Waals surface area contributed by atoms with E-state index in [0.717, 1.165) is 12.2 Å². The Bertz CT molecular complexity index is 165. The normalized spacial score (nSPS) is 38.4. The Morgan fingerprint density at radius 2 is 2.09 bits per heavy atom. The van der Waals surface area contributed by atoms with Gasteiger partial charge >= 0.3 is 0 Å². The summed E-state index contributed by atoms with van der Waals surface area (Å²) < 4.78 is 0. The van der Waals surface area contributed by atoms with E-state index in [2.05, 4.69) is 0 Å². The van der Waals surface area contributed by atoms with Gasteiger partial charge in [0.25, 0.3) is 0 Å². The van der Waals surface area contributed by atoms with E-state index in [9.17, 15) is 4.79 Å². The number of Topliss-reactive ketones (excluding diaryl/α,β-unsaturated/α-hetero) is 1. The molecule has 11 heavy (non-hydrogen) atoms. The molecule has 0 N–H and O–H groups in total. The van der Waals surface area contributed by atoms with Crippen molar-refractivity contribution in [2.45, 2.75) is 37.4 Å². The van der Waals surface area contributed by atoms with Crippen LogP contribution in [0.5, 0.6) is 0 Å². The van der Waals surface area contributed by atoms with E-state index in [1.54, 1.807) is 0 Å². The Morgan fingerprint density at radius 3 is 2.91 bits per heavy atom. The van der Waals surface area contributed by atoms with Crippen LogP contribution in [-0.2, 0) is 4.79 Å². The third-order valence-corrected chi connectivity index (χ3v) is 4.23. The van der Waals surface area contributed by atoms with E-state index in [-0.39, 0.29) is 0 Å². The summed E-state index contributed by atoms with van der Waals surface area (Å²) >= 11 is 2.03. The maximum atomic E-state index is 11.4. The van der Waals surface area contributed by atoms with Gasteiger partial charge < -0.3 is 0 Å². The van der Waals surface area contributed by atoms with Crippen LogP contribution in [0.15, 0.2) is 0 Å². The van der Waals surface area contributed by atoms with Crippen molar-refractivity contribution in [3.63, 3.8) is 0 Å². The van der Waals surface area contributed by atoms with Crippen LogP contribution in [0.1, 0.15) is 32.1 Å². The van der Waals surface area contributed by atoms with Crippen molar-refractivity contribution in [3.05, 3.63) is 0 Å². The largest absolute Gasteiger partial charge is 0.299 e. The average Bonchev–Trinajstić information content (AvgIpc) is 2.06. The second kappa shape index (κ2) is 3.18. The highest BCUT2D eigenvalue weighted by atomic mass is 32.2. The second-order valence-electron chi connectivity index (χ2n) is 3.52. The Hall–Kier alpha value is 0.0200. The number of thioether (sulfide) groups is 1. The maximum absolute atomic E-state index is 11.4. The number of hydrogen-bond donors (Lipinski definition) is 0. The zero-order valence-electron chi connectivity index (χ0n) is 6.71. The number of carbonyl (C=O) groups excluding carboxylic acids is 1. The van der Waals surface area contributed by atoms with Crippen molar-refractivity contribution in [1.29, 1.82) is 0 Å². The molecule has 0 amide bonds. The predicted octanol–water partition coefficient (Wildman–Crippen LogP) is 2.25. The minimum Gasteiger partial charge on any atom is -0.299 e. The van der Waals surface area contributed by atoms with Crippen molar-refractivity contribution in [1.82, 2.24) is 0 Å². The van der Waals surface area contributed by atoms with Crippen molar-refractivity contribution in [2.24, 2.45) is 5.92 Å². The fourth-order valence-corrected chi connectivity index (χ4v) is 3.64. The summed E-state index contributed by atoms with van der Waals surface area (Å²) in [6.45, 7) is 0. The highest BCUT2D eigenvalue weighted by Crippen LogP contribution is 2.38. The van der Waals surface area contributed by atoms with Gasteiger partial charge in [-0.15, -0.1) is 0 Å². The fourth-order valence-electron chi connectivity index (χ4n) is 2.16. The van der Waals surface area contributed by atoms with Gasteiger partial charge in [-0.25, -0.2) is 0 Å². The summed E-state index contributed by atoms with van der Waals surface area (Å²) in [6.07, 6.45) is 5.94. The molecule has 1 heterocycles. The first-order valence-corrected chi connectivity index (χ1v) is 5.57. The number of hydrogen-bond acceptors (Lipinski definition) is 2. The Balaban J connectivity index is 2.05. The van der Waals surface area contributed by atoms with E-state index in [1.165, 1.54) is 25.7 Å². The number of fused-ring (bicyclic) bond motifs is 1. The van der Waals surface area contributed by atoms with Crippen LogP contribution in [0.4, 0.5) is 0 Å². The zero-order valence-corrected chi connectivity index (χ0v) is 7.53. The summed E-state index contributed by atoms with van der Waals surface area (Å²) in [5.74, 6) is 2.08. The van der Waals surface area contributed by atoms with Crippen LogP contribution in [0.2, 0.25) is 0 Å². The van der Waals surface area contributed by atoms with Gasteiger partial charge in [0.1, 0.15) is 5.78 Å².